The van der Waals surface area contributed by atoms with Crippen molar-refractivity contribution in [2.45, 2.75) is 74.8 Å². The third kappa shape index (κ3) is 5.42. The number of Topliss-reactive ketones (excluding diaryl/α,β-unsaturated/α-hetero) is 1. The van der Waals surface area contributed by atoms with Crippen LogP contribution in [0.25, 0.3) is 0 Å². The van der Waals surface area contributed by atoms with Gasteiger partial charge in [0.15, 0.2) is 0 Å². The minimum atomic E-state index is 0.324. The summed E-state index contributed by atoms with van der Waals surface area (Å²) in [6.45, 7) is 0. The standard InChI is InChI=1S/C20H27BrO2/c21-17-13-19(10-9-15-5-2-1-3-6-15)23-20(14-17)12-16-7-4-8-18(22)11-16/h1-3,5-6,16-17,19-20H,4,7-14H2/t16?,17?,19-,20+/m1/s1. The molecule has 1 saturated heterocycles. The highest BCUT2D eigenvalue weighted by molar-refractivity contribution is 9.09. The Hall–Kier alpha value is -0.670. The number of hydrogen-bond donors (Lipinski definition) is 0. The molecule has 1 aromatic carbocycles. The van der Waals surface area contributed by atoms with Gasteiger partial charge in [-0.2, -0.15) is 0 Å². The summed E-state index contributed by atoms with van der Waals surface area (Å²) in [5.41, 5.74) is 1.39. The van der Waals surface area contributed by atoms with Gasteiger partial charge in [-0.3, -0.25) is 4.79 Å². The van der Waals surface area contributed by atoms with Gasteiger partial charge in [0.2, 0.25) is 0 Å². The highest BCUT2D eigenvalue weighted by atomic mass is 79.9. The van der Waals surface area contributed by atoms with Crippen LogP contribution in [-0.4, -0.2) is 22.8 Å². The van der Waals surface area contributed by atoms with Crippen LogP contribution in [0.3, 0.4) is 0 Å². The summed E-state index contributed by atoms with van der Waals surface area (Å²) in [7, 11) is 0. The predicted molar refractivity (Wildman–Crippen MR) is 97.0 cm³/mol. The maximum absolute atomic E-state index is 11.7. The fraction of sp³-hybridized carbons (Fsp3) is 0.650. The first-order valence-electron chi connectivity index (χ1n) is 9.04. The number of carbonyl (C=O) groups excluding carboxylic acids is 1. The van der Waals surface area contributed by atoms with Crippen molar-refractivity contribution < 1.29 is 9.53 Å². The molecule has 1 saturated carbocycles. The molecule has 2 nitrogen and oxygen atoms in total. The lowest BCUT2D eigenvalue weighted by atomic mass is 9.83. The molecule has 1 aliphatic carbocycles. The Kier molecular flexibility index (Phi) is 6.29. The summed E-state index contributed by atoms with van der Waals surface area (Å²) in [4.78, 5) is 12.2. The number of ether oxygens (including phenoxy) is 1. The van der Waals surface area contributed by atoms with Crippen molar-refractivity contribution in [1.29, 1.82) is 0 Å². The fourth-order valence-electron chi connectivity index (χ4n) is 4.05. The smallest absolute Gasteiger partial charge is 0.133 e. The maximum atomic E-state index is 11.7. The molecule has 1 aromatic rings. The zero-order valence-corrected chi connectivity index (χ0v) is 15.3. The number of benzene rings is 1. The molecule has 2 fully saturated rings. The van der Waals surface area contributed by atoms with Gasteiger partial charge in [-0.05, 0) is 56.4 Å². The Morgan fingerprint density at radius 2 is 1.91 bits per heavy atom. The molecule has 0 aromatic heterocycles. The SMILES string of the molecule is O=C1CCCC(C[C@H]2CC(Br)C[C@@H](CCc3ccccc3)O2)C1. The summed E-state index contributed by atoms with van der Waals surface area (Å²) in [6, 6.07) is 10.7. The van der Waals surface area contributed by atoms with E-state index in [9.17, 15) is 4.79 Å². The molecular weight excluding hydrogens is 352 g/mol. The monoisotopic (exact) mass is 378 g/mol. The van der Waals surface area contributed by atoms with Crippen molar-refractivity contribution in [3.05, 3.63) is 35.9 Å². The third-order valence-corrected chi connectivity index (χ3v) is 5.95. The van der Waals surface area contributed by atoms with E-state index < -0.39 is 0 Å². The average Bonchev–Trinajstić information content (AvgIpc) is 2.53. The van der Waals surface area contributed by atoms with E-state index in [1.165, 1.54) is 12.0 Å². The Morgan fingerprint density at radius 3 is 2.70 bits per heavy atom. The second-order valence-corrected chi connectivity index (χ2v) is 8.50. The number of aryl methyl sites for hydroxylation is 1. The molecule has 126 valence electrons. The Morgan fingerprint density at radius 1 is 1.13 bits per heavy atom. The van der Waals surface area contributed by atoms with Gasteiger partial charge < -0.3 is 4.74 Å². The predicted octanol–water partition coefficient (Wildman–Crippen LogP) is 5.08. The van der Waals surface area contributed by atoms with Gasteiger partial charge in [0, 0.05) is 17.7 Å². The van der Waals surface area contributed by atoms with Gasteiger partial charge in [0.1, 0.15) is 5.78 Å². The van der Waals surface area contributed by atoms with E-state index in [1.54, 1.807) is 0 Å². The first-order valence-corrected chi connectivity index (χ1v) is 9.96. The highest BCUT2D eigenvalue weighted by Gasteiger charge is 2.31. The zero-order valence-electron chi connectivity index (χ0n) is 13.8. The van der Waals surface area contributed by atoms with Crippen LogP contribution in [0.1, 0.15) is 56.9 Å². The Labute approximate surface area is 148 Å². The number of carbonyl (C=O) groups is 1. The highest BCUT2D eigenvalue weighted by Crippen LogP contribution is 2.34. The number of hydrogen-bond acceptors (Lipinski definition) is 2. The molecule has 1 heterocycles. The van der Waals surface area contributed by atoms with E-state index in [-0.39, 0.29) is 0 Å². The molecule has 4 atom stereocenters. The molecule has 0 radical (unpaired) electrons. The molecule has 0 bridgehead atoms. The molecule has 0 N–H and O–H groups in total. The van der Waals surface area contributed by atoms with Crippen LogP contribution in [-0.2, 0) is 16.0 Å². The van der Waals surface area contributed by atoms with Crippen LogP contribution in [0.5, 0.6) is 0 Å². The maximum Gasteiger partial charge on any atom is 0.133 e. The summed E-state index contributed by atoms with van der Waals surface area (Å²) < 4.78 is 6.38. The van der Waals surface area contributed by atoms with E-state index in [1.807, 2.05) is 0 Å². The lowest BCUT2D eigenvalue weighted by Gasteiger charge is -2.35. The summed E-state index contributed by atoms with van der Waals surface area (Å²) in [5.74, 6) is 1.00. The fourth-order valence-corrected chi connectivity index (χ4v) is 4.88. The lowest BCUT2D eigenvalue weighted by Crippen LogP contribution is -2.35. The third-order valence-electron chi connectivity index (χ3n) is 5.20. The first-order chi connectivity index (χ1) is 11.2. The molecule has 2 aliphatic rings. The van der Waals surface area contributed by atoms with Gasteiger partial charge in [-0.1, -0.05) is 46.3 Å². The summed E-state index contributed by atoms with van der Waals surface area (Å²) in [6.07, 6.45) is 9.95. The van der Waals surface area contributed by atoms with Crippen molar-refractivity contribution in [1.82, 2.24) is 0 Å². The van der Waals surface area contributed by atoms with Crippen LogP contribution in [0.15, 0.2) is 30.3 Å². The molecule has 0 amide bonds. The number of ketones is 1. The number of alkyl halides is 1. The second kappa shape index (κ2) is 8.43. The van der Waals surface area contributed by atoms with Crippen LogP contribution in [0.2, 0.25) is 0 Å². The minimum Gasteiger partial charge on any atom is -0.375 e. The van der Waals surface area contributed by atoms with Crippen molar-refractivity contribution in [3.8, 4) is 0 Å². The molecule has 23 heavy (non-hydrogen) atoms. The van der Waals surface area contributed by atoms with Gasteiger partial charge in [-0.25, -0.2) is 0 Å². The molecule has 1 aliphatic heterocycles. The van der Waals surface area contributed by atoms with Crippen LogP contribution >= 0.6 is 15.9 Å². The quantitative estimate of drug-likeness (QED) is 0.667. The van der Waals surface area contributed by atoms with Crippen molar-refractivity contribution in [2.24, 2.45) is 5.92 Å². The molecular formula is C20H27BrO2. The van der Waals surface area contributed by atoms with E-state index in [2.05, 4.69) is 46.3 Å². The van der Waals surface area contributed by atoms with Gasteiger partial charge in [0.25, 0.3) is 0 Å². The van der Waals surface area contributed by atoms with E-state index >= 15 is 0 Å². The van der Waals surface area contributed by atoms with E-state index in [0.29, 0.717) is 28.7 Å². The minimum absolute atomic E-state index is 0.324. The van der Waals surface area contributed by atoms with Crippen molar-refractivity contribution >= 4 is 21.7 Å². The summed E-state index contributed by atoms with van der Waals surface area (Å²) >= 11 is 3.83. The van der Waals surface area contributed by atoms with E-state index in [0.717, 1.165) is 51.4 Å². The molecule has 2 unspecified atom stereocenters. The van der Waals surface area contributed by atoms with Gasteiger partial charge >= 0.3 is 0 Å². The Balaban J connectivity index is 1.49. The number of halogens is 1. The van der Waals surface area contributed by atoms with Crippen molar-refractivity contribution in [2.75, 3.05) is 0 Å². The first kappa shape index (κ1) is 17.2. The lowest BCUT2D eigenvalue weighted by molar-refractivity contribution is -0.122. The Bertz CT molecular complexity index is 502. The van der Waals surface area contributed by atoms with Crippen molar-refractivity contribution in [3.63, 3.8) is 0 Å². The topological polar surface area (TPSA) is 26.3 Å². The molecule has 3 rings (SSSR count). The largest absolute Gasteiger partial charge is 0.375 e. The molecule has 0 spiro atoms. The zero-order chi connectivity index (χ0) is 16.1. The van der Waals surface area contributed by atoms with Crippen LogP contribution in [0.4, 0.5) is 0 Å². The van der Waals surface area contributed by atoms with Gasteiger partial charge in [0.05, 0.1) is 12.2 Å². The van der Waals surface area contributed by atoms with Gasteiger partial charge in [-0.15, -0.1) is 0 Å². The molecule has 3 heteroatoms. The number of rotatable bonds is 5. The van der Waals surface area contributed by atoms with E-state index in [4.69, 9.17) is 4.74 Å². The van der Waals surface area contributed by atoms with Crippen LogP contribution in [0, 0.1) is 5.92 Å². The average molecular weight is 379 g/mol. The normalized spacial score (nSPS) is 32.0. The van der Waals surface area contributed by atoms with Crippen LogP contribution < -0.4 is 0 Å². The second-order valence-electron chi connectivity index (χ2n) is 7.21. The summed E-state index contributed by atoms with van der Waals surface area (Å²) in [5, 5.41) is 0.